The van der Waals surface area contributed by atoms with Crippen LogP contribution in [-0.2, 0) is 4.79 Å². The second-order valence-electron chi connectivity index (χ2n) is 7.01. The summed E-state index contributed by atoms with van der Waals surface area (Å²) in [7, 11) is 0. The minimum absolute atomic E-state index is 0.0564. The highest BCUT2D eigenvalue weighted by atomic mass is 79.9. The Balaban J connectivity index is 1.92. The van der Waals surface area contributed by atoms with Gasteiger partial charge >= 0.3 is 0 Å². The predicted molar refractivity (Wildman–Crippen MR) is 112 cm³/mol. The number of benzene rings is 1. The van der Waals surface area contributed by atoms with Gasteiger partial charge in [0.25, 0.3) is 0 Å². The van der Waals surface area contributed by atoms with E-state index >= 15 is 0 Å². The van der Waals surface area contributed by atoms with Crippen molar-refractivity contribution in [3.05, 3.63) is 68.9 Å². The number of ketones is 1. The maximum absolute atomic E-state index is 12.2. The summed E-state index contributed by atoms with van der Waals surface area (Å²) in [6, 6.07) is 10.7. The fourth-order valence-electron chi connectivity index (χ4n) is 4.20. The van der Waals surface area contributed by atoms with Crippen LogP contribution in [0, 0.1) is 5.92 Å². The highest BCUT2D eigenvalue weighted by Crippen LogP contribution is 2.43. The van der Waals surface area contributed by atoms with Crippen LogP contribution in [0.5, 0.6) is 0 Å². The van der Waals surface area contributed by atoms with Crippen molar-refractivity contribution >= 4 is 43.1 Å². The Morgan fingerprint density at radius 1 is 1.31 bits per heavy atom. The topological polar surface area (TPSA) is 44.9 Å². The number of thiophene rings is 1. The van der Waals surface area contributed by atoms with Gasteiger partial charge in [0.1, 0.15) is 5.78 Å². The highest BCUT2D eigenvalue weighted by molar-refractivity contribution is 9.10. The normalized spacial score (nSPS) is 21.2. The first-order chi connectivity index (χ1) is 12.5. The lowest BCUT2D eigenvalue weighted by atomic mass is 9.87. The van der Waals surface area contributed by atoms with Crippen LogP contribution < -0.4 is 5.32 Å². The average molecular weight is 429 g/mol. The van der Waals surface area contributed by atoms with Crippen molar-refractivity contribution in [2.24, 2.45) is 5.92 Å². The third-order valence-electron chi connectivity index (χ3n) is 5.31. The molecule has 3 nitrogen and oxygen atoms in total. The quantitative estimate of drug-likeness (QED) is 0.568. The minimum Gasteiger partial charge on any atom is -0.384 e. The fraction of sp³-hybridized carbons (Fsp3) is 0.286. The lowest BCUT2D eigenvalue weighted by molar-refractivity contribution is -0.119. The monoisotopic (exact) mass is 428 g/mol. The van der Waals surface area contributed by atoms with Crippen LogP contribution in [0.15, 0.2) is 57.7 Å². The van der Waals surface area contributed by atoms with Gasteiger partial charge in [0, 0.05) is 32.8 Å². The fourth-order valence-corrected chi connectivity index (χ4v) is 5.53. The largest absolute Gasteiger partial charge is 0.384 e. The van der Waals surface area contributed by atoms with Gasteiger partial charge in [-0.05, 0) is 73.0 Å². The molecule has 0 fully saturated rings. The van der Waals surface area contributed by atoms with Crippen molar-refractivity contribution in [2.75, 3.05) is 0 Å². The summed E-state index contributed by atoms with van der Waals surface area (Å²) in [5.74, 6) is 0.236. The summed E-state index contributed by atoms with van der Waals surface area (Å²) in [5, 5.41) is 7.12. The summed E-state index contributed by atoms with van der Waals surface area (Å²) in [6.45, 7) is 5.88. The molecule has 3 aromatic rings. The van der Waals surface area contributed by atoms with Gasteiger partial charge in [0.15, 0.2) is 0 Å². The molecule has 0 saturated heterocycles. The molecule has 1 aromatic carbocycles. The SMILES string of the molecule is CC(=O)C1C(C)=C(C(c2ccc[nH]2)c2csc3ccc(Br)cc23)NC1C. The van der Waals surface area contributed by atoms with E-state index in [0.29, 0.717) is 0 Å². The van der Waals surface area contributed by atoms with Crippen molar-refractivity contribution in [1.29, 1.82) is 0 Å². The van der Waals surface area contributed by atoms with Gasteiger partial charge in [0.2, 0.25) is 0 Å². The number of Topliss-reactive ketones (excluding diaryl/α,β-unsaturated/α-hetero) is 1. The van der Waals surface area contributed by atoms with E-state index in [0.717, 1.165) is 21.4 Å². The van der Waals surface area contributed by atoms with Crippen molar-refractivity contribution < 1.29 is 4.79 Å². The highest BCUT2D eigenvalue weighted by Gasteiger charge is 2.37. The zero-order valence-electron chi connectivity index (χ0n) is 15.0. The van der Waals surface area contributed by atoms with Crippen molar-refractivity contribution in [3.63, 3.8) is 0 Å². The molecule has 2 aromatic heterocycles. The number of aromatic amines is 1. The molecule has 0 saturated carbocycles. The number of hydrogen-bond donors (Lipinski definition) is 2. The molecule has 4 rings (SSSR count). The molecule has 2 N–H and O–H groups in total. The predicted octanol–water partition coefficient (Wildman–Crippen LogP) is 5.59. The zero-order valence-corrected chi connectivity index (χ0v) is 17.4. The van der Waals surface area contributed by atoms with Gasteiger partial charge < -0.3 is 10.3 Å². The Hall–Kier alpha value is -1.85. The number of hydrogen-bond acceptors (Lipinski definition) is 3. The molecule has 1 aliphatic heterocycles. The lowest BCUT2D eigenvalue weighted by Crippen LogP contribution is -2.30. The van der Waals surface area contributed by atoms with E-state index in [4.69, 9.17) is 0 Å². The van der Waals surface area contributed by atoms with Gasteiger partial charge in [-0.1, -0.05) is 15.9 Å². The molecule has 26 heavy (non-hydrogen) atoms. The molecule has 3 atom stereocenters. The molecule has 1 aliphatic rings. The van der Waals surface area contributed by atoms with Crippen molar-refractivity contribution in [3.8, 4) is 0 Å². The van der Waals surface area contributed by atoms with Crippen LogP contribution in [0.25, 0.3) is 10.1 Å². The molecule has 3 unspecified atom stereocenters. The van der Waals surface area contributed by atoms with E-state index in [-0.39, 0.29) is 23.7 Å². The van der Waals surface area contributed by atoms with Gasteiger partial charge in [-0.3, -0.25) is 4.79 Å². The minimum atomic E-state index is -0.0564. The third kappa shape index (κ3) is 2.83. The number of fused-ring (bicyclic) bond motifs is 1. The van der Waals surface area contributed by atoms with Gasteiger partial charge in [0.05, 0.1) is 11.8 Å². The summed E-state index contributed by atoms with van der Waals surface area (Å²) in [5.41, 5.74) is 4.72. The number of allylic oxidation sites excluding steroid dienone is 1. The molecule has 0 aliphatic carbocycles. The number of aromatic nitrogens is 1. The van der Waals surface area contributed by atoms with Crippen LogP contribution in [0.2, 0.25) is 0 Å². The standard InChI is InChI=1S/C21H21BrN2OS/c1-11-19(13(3)25)12(2)24-21(11)20(17-5-4-8-23-17)16-10-26-18-7-6-14(22)9-15(16)18/h4-10,12,19-20,23-24H,1-3H3. The number of carbonyl (C=O) groups excluding carboxylic acids is 1. The molecule has 0 bridgehead atoms. The lowest BCUT2D eigenvalue weighted by Gasteiger charge is -2.20. The molecule has 0 radical (unpaired) electrons. The van der Waals surface area contributed by atoms with Crippen LogP contribution >= 0.6 is 27.3 Å². The summed E-state index contributed by atoms with van der Waals surface area (Å²) in [6.07, 6.45) is 1.96. The smallest absolute Gasteiger partial charge is 0.139 e. The summed E-state index contributed by atoms with van der Waals surface area (Å²) < 4.78 is 2.35. The molecule has 134 valence electrons. The average Bonchev–Trinajstić information content (AvgIpc) is 3.29. The van der Waals surface area contributed by atoms with Crippen LogP contribution in [0.1, 0.15) is 37.9 Å². The molecule has 0 amide bonds. The zero-order chi connectivity index (χ0) is 18.4. The summed E-state index contributed by atoms with van der Waals surface area (Å²) in [4.78, 5) is 15.6. The molecule has 0 spiro atoms. The first-order valence-corrected chi connectivity index (χ1v) is 10.4. The number of halogens is 1. The number of rotatable bonds is 4. The van der Waals surface area contributed by atoms with E-state index in [1.807, 2.05) is 12.3 Å². The Bertz CT molecular complexity index is 1000. The first kappa shape index (κ1) is 17.6. The molecular weight excluding hydrogens is 408 g/mol. The van der Waals surface area contributed by atoms with Crippen molar-refractivity contribution in [2.45, 2.75) is 32.7 Å². The van der Waals surface area contributed by atoms with Crippen LogP contribution in [0.4, 0.5) is 0 Å². The van der Waals surface area contributed by atoms with E-state index in [9.17, 15) is 4.79 Å². The van der Waals surface area contributed by atoms with Crippen molar-refractivity contribution in [1.82, 2.24) is 10.3 Å². The van der Waals surface area contributed by atoms with Crippen LogP contribution in [-0.4, -0.2) is 16.8 Å². The molecular formula is C21H21BrN2OS. The number of H-pyrrole nitrogens is 1. The molecule has 5 heteroatoms. The Morgan fingerprint density at radius 2 is 2.12 bits per heavy atom. The second kappa shape index (κ2) is 6.71. The van der Waals surface area contributed by atoms with E-state index in [1.165, 1.54) is 15.6 Å². The Morgan fingerprint density at radius 3 is 2.77 bits per heavy atom. The van der Waals surface area contributed by atoms with E-state index < -0.39 is 0 Å². The summed E-state index contributed by atoms with van der Waals surface area (Å²) >= 11 is 5.37. The molecule has 3 heterocycles. The van der Waals surface area contributed by atoms with E-state index in [2.05, 4.69) is 69.7 Å². The van der Waals surface area contributed by atoms with Gasteiger partial charge in [-0.25, -0.2) is 0 Å². The third-order valence-corrected chi connectivity index (χ3v) is 6.79. The maximum atomic E-state index is 12.2. The van der Waals surface area contributed by atoms with Gasteiger partial charge in [-0.15, -0.1) is 11.3 Å². The van der Waals surface area contributed by atoms with E-state index in [1.54, 1.807) is 18.3 Å². The Kier molecular flexibility index (Phi) is 4.53. The second-order valence-corrected chi connectivity index (χ2v) is 8.83. The Labute approximate surface area is 165 Å². The first-order valence-electron chi connectivity index (χ1n) is 8.75. The van der Waals surface area contributed by atoms with Gasteiger partial charge in [-0.2, -0.15) is 0 Å². The van der Waals surface area contributed by atoms with Crippen LogP contribution in [0.3, 0.4) is 0 Å². The maximum Gasteiger partial charge on any atom is 0.139 e. The number of carbonyl (C=O) groups is 1. The number of nitrogens with one attached hydrogen (secondary N) is 2.